The number of aromatic nitrogens is 1. The van der Waals surface area contributed by atoms with Gasteiger partial charge in [-0.3, -0.25) is 14.1 Å². The molecule has 1 aliphatic heterocycles. The van der Waals surface area contributed by atoms with Crippen LogP contribution < -0.4 is 4.31 Å². The fourth-order valence-corrected chi connectivity index (χ4v) is 6.48. The van der Waals surface area contributed by atoms with Gasteiger partial charge in [0.25, 0.3) is 10.0 Å². The summed E-state index contributed by atoms with van der Waals surface area (Å²) in [5.41, 5.74) is 1.72. The molecule has 1 aliphatic rings. The molecule has 2 aromatic heterocycles. The zero-order valence-electron chi connectivity index (χ0n) is 16.5. The number of rotatable bonds is 7. The summed E-state index contributed by atoms with van der Waals surface area (Å²) in [7, 11) is -2.09. The number of para-hydroxylation sites is 1. The molecule has 1 aromatic carbocycles. The van der Waals surface area contributed by atoms with Crippen LogP contribution in [0, 0.1) is 0 Å². The zero-order chi connectivity index (χ0) is 21.3. The van der Waals surface area contributed by atoms with Gasteiger partial charge in [0.2, 0.25) is 0 Å². The Bertz CT molecular complexity index is 1200. The summed E-state index contributed by atoms with van der Waals surface area (Å²) < 4.78 is 32.9. The van der Waals surface area contributed by atoms with E-state index in [1.54, 1.807) is 30.6 Å². The number of H-pyrrole nitrogens is 1. The molecule has 3 heterocycles. The number of carbonyl (C=O) groups excluding carboxylic acids is 1. The maximum absolute atomic E-state index is 12.9. The van der Waals surface area contributed by atoms with Crippen molar-refractivity contribution in [2.45, 2.75) is 29.4 Å². The normalized spacial score (nSPS) is 16.6. The number of fused-ring (bicyclic) bond motifs is 1. The van der Waals surface area contributed by atoms with Gasteiger partial charge in [0.05, 0.1) is 23.4 Å². The number of nitrogens with zero attached hydrogens (tertiary/aromatic N) is 2. The standard InChI is InChI=1S/C20H21N3O4S3/c1-3-6-16(24)27-17-12-21-20(29-17)14-11-13-7-4-8-15(19(13)22-14)23(2)30(25,26)18-9-5-10-28-18/h4-5,7-11,17,22H,3,6,12H2,1-2H3. The van der Waals surface area contributed by atoms with Gasteiger partial charge in [-0.15, -0.1) is 11.3 Å². The monoisotopic (exact) mass is 463 g/mol. The Kier molecular flexibility index (Phi) is 5.90. The van der Waals surface area contributed by atoms with Crippen LogP contribution in [-0.4, -0.2) is 43.4 Å². The van der Waals surface area contributed by atoms with Gasteiger partial charge in [-0.25, -0.2) is 8.42 Å². The second-order valence-electron chi connectivity index (χ2n) is 6.76. The van der Waals surface area contributed by atoms with Crippen molar-refractivity contribution < 1.29 is 17.9 Å². The highest BCUT2D eigenvalue weighted by Gasteiger charge is 2.27. The Hall–Kier alpha value is -2.30. The molecule has 0 fully saturated rings. The highest BCUT2D eigenvalue weighted by atomic mass is 32.2. The lowest BCUT2D eigenvalue weighted by atomic mass is 10.2. The fraction of sp³-hybridized carbons (Fsp3) is 0.300. The Morgan fingerprint density at radius 1 is 1.33 bits per heavy atom. The molecular formula is C20H21N3O4S3. The molecule has 4 rings (SSSR count). The van der Waals surface area contributed by atoms with E-state index in [9.17, 15) is 13.2 Å². The quantitative estimate of drug-likeness (QED) is 0.530. The molecule has 0 radical (unpaired) electrons. The Morgan fingerprint density at radius 3 is 2.90 bits per heavy atom. The van der Waals surface area contributed by atoms with Crippen LogP contribution in [0.5, 0.6) is 0 Å². The van der Waals surface area contributed by atoms with Gasteiger partial charge in [0, 0.05) is 18.9 Å². The maximum Gasteiger partial charge on any atom is 0.306 e. The number of hydrogen-bond acceptors (Lipinski definition) is 7. The lowest BCUT2D eigenvalue weighted by Gasteiger charge is -2.19. The second kappa shape index (κ2) is 8.44. The number of esters is 1. The van der Waals surface area contributed by atoms with E-state index in [0.717, 1.165) is 22.5 Å². The number of anilines is 1. The SMILES string of the molecule is CCCC(=O)OC1CN=C(c2cc3cccc(N(C)S(=O)(=O)c4cccs4)c3[nH]2)S1. The van der Waals surface area contributed by atoms with Gasteiger partial charge >= 0.3 is 5.97 Å². The lowest BCUT2D eigenvalue weighted by Crippen LogP contribution is -2.26. The Morgan fingerprint density at radius 2 is 2.17 bits per heavy atom. The third kappa shape index (κ3) is 3.99. The number of thioether (sulfide) groups is 1. The molecule has 0 bridgehead atoms. The van der Waals surface area contributed by atoms with Crippen molar-refractivity contribution in [2.75, 3.05) is 17.9 Å². The fourth-order valence-electron chi connectivity index (χ4n) is 3.17. The molecule has 1 atom stereocenters. The molecule has 30 heavy (non-hydrogen) atoms. The summed E-state index contributed by atoms with van der Waals surface area (Å²) in [5, 5.41) is 3.37. The average molecular weight is 464 g/mol. The first kappa shape index (κ1) is 21.0. The number of carbonyl (C=O) groups is 1. The van der Waals surface area contributed by atoms with Gasteiger partial charge < -0.3 is 9.72 Å². The number of hydrogen-bond donors (Lipinski definition) is 1. The van der Waals surface area contributed by atoms with E-state index in [4.69, 9.17) is 4.74 Å². The zero-order valence-corrected chi connectivity index (χ0v) is 18.9. The minimum absolute atomic E-state index is 0.217. The van der Waals surface area contributed by atoms with Crippen LogP contribution in [0.3, 0.4) is 0 Å². The van der Waals surface area contributed by atoms with Gasteiger partial charge in [0.1, 0.15) is 9.25 Å². The van der Waals surface area contributed by atoms with Crippen LogP contribution in [0.2, 0.25) is 0 Å². The first-order valence-corrected chi connectivity index (χ1v) is 12.6. The van der Waals surface area contributed by atoms with Crippen LogP contribution in [0.4, 0.5) is 5.69 Å². The molecule has 158 valence electrons. The topological polar surface area (TPSA) is 91.8 Å². The molecule has 1 N–H and O–H groups in total. The van der Waals surface area contributed by atoms with Crippen molar-refractivity contribution in [1.82, 2.24) is 4.98 Å². The van der Waals surface area contributed by atoms with Crippen LogP contribution in [0.25, 0.3) is 10.9 Å². The molecule has 7 nitrogen and oxygen atoms in total. The summed E-state index contributed by atoms with van der Waals surface area (Å²) in [6.45, 7) is 2.34. The average Bonchev–Trinajstić information content (AvgIpc) is 3.46. The lowest BCUT2D eigenvalue weighted by molar-refractivity contribution is -0.144. The summed E-state index contributed by atoms with van der Waals surface area (Å²) in [6, 6.07) is 10.8. The summed E-state index contributed by atoms with van der Waals surface area (Å²) in [6.07, 6.45) is 1.14. The highest BCUT2D eigenvalue weighted by molar-refractivity contribution is 8.15. The van der Waals surface area contributed by atoms with E-state index in [1.807, 2.05) is 25.1 Å². The predicted octanol–water partition coefficient (Wildman–Crippen LogP) is 4.22. The van der Waals surface area contributed by atoms with Crippen molar-refractivity contribution in [2.24, 2.45) is 4.99 Å². The maximum atomic E-state index is 12.9. The molecular weight excluding hydrogens is 442 g/mol. The van der Waals surface area contributed by atoms with Crippen molar-refractivity contribution in [3.05, 3.63) is 47.5 Å². The summed E-state index contributed by atoms with van der Waals surface area (Å²) in [5.74, 6) is -0.217. The largest absolute Gasteiger partial charge is 0.449 e. The molecule has 0 amide bonds. The van der Waals surface area contributed by atoms with E-state index in [0.29, 0.717) is 28.4 Å². The van der Waals surface area contributed by atoms with Crippen molar-refractivity contribution in [1.29, 1.82) is 0 Å². The predicted molar refractivity (Wildman–Crippen MR) is 122 cm³/mol. The van der Waals surface area contributed by atoms with Crippen LogP contribution in [0.15, 0.2) is 51.0 Å². The van der Waals surface area contributed by atoms with E-state index in [1.165, 1.54) is 27.4 Å². The molecule has 0 saturated heterocycles. The Balaban J connectivity index is 1.60. The second-order valence-corrected chi connectivity index (χ2v) is 11.1. The molecule has 3 aromatic rings. The molecule has 0 spiro atoms. The molecule has 1 unspecified atom stereocenters. The smallest absolute Gasteiger partial charge is 0.306 e. The Labute approximate surface area is 183 Å². The number of nitrogens with one attached hydrogen (secondary N) is 1. The summed E-state index contributed by atoms with van der Waals surface area (Å²) in [4.78, 5) is 19.5. The third-order valence-corrected chi connectivity index (χ3v) is 8.88. The number of ether oxygens (including phenoxy) is 1. The van der Waals surface area contributed by atoms with Gasteiger partial charge in [-0.1, -0.05) is 36.9 Å². The number of aliphatic imine (C=N–C) groups is 1. The number of sulfonamides is 1. The van der Waals surface area contributed by atoms with E-state index < -0.39 is 10.0 Å². The van der Waals surface area contributed by atoms with Crippen molar-refractivity contribution in [3.63, 3.8) is 0 Å². The van der Waals surface area contributed by atoms with Crippen molar-refractivity contribution in [3.8, 4) is 0 Å². The highest BCUT2D eigenvalue weighted by Crippen LogP contribution is 2.34. The van der Waals surface area contributed by atoms with Crippen LogP contribution >= 0.6 is 23.1 Å². The first-order valence-electron chi connectivity index (χ1n) is 9.45. The van der Waals surface area contributed by atoms with Crippen LogP contribution in [-0.2, 0) is 19.6 Å². The minimum atomic E-state index is -3.64. The van der Waals surface area contributed by atoms with Gasteiger partial charge in [-0.05, 0) is 30.0 Å². The molecule has 10 heteroatoms. The first-order chi connectivity index (χ1) is 14.4. The van der Waals surface area contributed by atoms with Crippen molar-refractivity contribution >= 4 is 60.7 Å². The van der Waals surface area contributed by atoms with Crippen LogP contribution in [0.1, 0.15) is 25.5 Å². The van der Waals surface area contributed by atoms with E-state index >= 15 is 0 Å². The summed E-state index contributed by atoms with van der Waals surface area (Å²) >= 11 is 2.59. The molecule has 0 saturated carbocycles. The third-order valence-electron chi connectivity index (χ3n) is 4.66. The van der Waals surface area contributed by atoms with E-state index in [2.05, 4.69) is 9.98 Å². The van der Waals surface area contributed by atoms with E-state index in [-0.39, 0.29) is 11.4 Å². The minimum Gasteiger partial charge on any atom is -0.449 e. The number of benzene rings is 1. The van der Waals surface area contributed by atoms with Gasteiger partial charge in [-0.2, -0.15) is 0 Å². The van der Waals surface area contributed by atoms with Gasteiger partial charge in [0.15, 0.2) is 5.44 Å². The number of aromatic amines is 1. The number of thiophene rings is 1. The molecule has 0 aliphatic carbocycles.